The number of carbonyl (C=O) groups is 1. The first kappa shape index (κ1) is 15.2. The van der Waals surface area contributed by atoms with Gasteiger partial charge in [-0.1, -0.05) is 6.92 Å². The zero-order valence-electron chi connectivity index (χ0n) is 12.4. The molecule has 1 aliphatic heterocycles. The first-order chi connectivity index (χ1) is 10.0. The standard InChI is InChI=1S/C14H20N4O3/c1-3-5-16-6-4-7-17(10-13(16)19)14-11(2)8-12(9-15-14)18(20)21/h8-9H,3-7,10H2,1-2H3. The minimum Gasteiger partial charge on any atom is -0.347 e. The van der Waals surface area contributed by atoms with Gasteiger partial charge in [-0.15, -0.1) is 0 Å². The van der Waals surface area contributed by atoms with Crippen LogP contribution in [0, 0.1) is 17.0 Å². The minimum atomic E-state index is -0.458. The molecule has 0 unspecified atom stereocenters. The van der Waals surface area contributed by atoms with Crippen LogP contribution in [0.2, 0.25) is 0 Å². The van der Waals surface area contributed by atoms with E-state index in [0.717, 1.165) is 38.0 Å². The van der Waals surface area contributed by atoms with E-state index in [-0.39, 0.29) is 18.1 Å². The zero-order chi connectivity index (χ0) is 15.4. The van der Waals surface area contributed by atoms with E-state index in [1.807, 2.05) is 9.80 Å². The van der Waals surface area contributed by atoms with E-state index in [0.29, 0.717) is 5.82 Å². The van der Waals surface area contributed by atoms with Crippen LogP contribution in [0.25, 0.3) is 0 Å². The van der Waals surface area contributed by atoms with Crippen LogP contribution in [0.15, 0.2) is 12.3 Å². The number of carbonyl (C=O) groups excluding carboxylic acids is 1. The number of hydrogen-bond donors (Lipinski definition) is 0. The molecular weight excluding hydrogens is 272 g/mol. The van der Waals surface area contributed by atoms with Crippen LogP contribution < -0.4 is 4.90 Å². The summed E-state index contributed by atoms with van der Waals surface area (Å²) in [4.78, 5) is 30.5. The quantitative estimate of drug-likeness (QED) is 0.624. The highest BCUT2D eigenvalue weighted by atomic mass is 16.6. The fraction of sp³-hybridized carbons (Fsp3) is 0.571. The lowest BCUT2D eigenvalue weighted by atomic mass is 10.2. The van der Waals surface area contributed by atoms with Gasteiger partial charge in [-0.2, -0.15) is 0 Å². The van der Waals surface area contributed by atoms with E-state index in [2.05, 4.69) is 11.9 Å². The van der Waals surface area contributed by atoms with Crippen LogP contribution >= 0.6 is 0 Å². The van der Waals surface area contributed by atoms with Gasteiger partial charge < -0.3 is 9.80 Å². The molecule has 1 aromatic rings. The lowest BCUT2D eigenvalue weighted by Crippen LogP contribution is -2.37. The second-order valence-corrected chi connectivity index (χ2v) is 5.25. The summed E-state index contributed by atoms with van der Waals surface area (Å²) in [6, 6.07) is 1.50. The second-order valence-electron chi connectivity index (χ2n) is 5.25. The van der Waals surface area contributed by atoms with Gasteiger partial charge in [0, 0.05) is 25.7 Å². The summed E-state index contributed by atoms with van der Waals surface area (Å²) in [7, 11) is 0. The summed E-state index contributed by atoms with van der Waals surface area (Å²) >= 11 is 0. The molecule has 2 rings (SSSR count). The molecule has 7 heteroatoms. The molecule has 21 heavy (non-hydrogen) atoms. The Morgan fingerprint density at radius 2 is 2.19 bits per heavy atom. The Hall–Kier alpha value is -2.18. The van der Waals surface area contributed by atoms with Gasteiger partial charge in [0.1, 0.15) is 12.0 Å². The summed E-state index contributed by atoms with van der Waals surface area (Å²) in [6.07, 6.45) is 3.08. The molecule has 1 aromatic heterocycles. The highest BCUT2D eigenvalue weighted by molar-refractivity contribution is 5.82. The number of nitro groups is 1. The zero-order valence-corrected chi connectivity index (χ0v) is 12.4. The number of pyridine rings is 1. The van der Waals surface area contributed by atoms with Crippen molar-refractivity contribution in [1.82, 2.24) is 9.88 Å². The Morgan fingerprint density at radius 3 is 2.81 bits per heavy atom. The summed E-state index contributed by atoms with van der Waals surface area (Å²) in [5.74, 6) is 0.751. The Balaban J connectivity index is 2.18. The van der Waals surface area contributed by atoms with Crippen molar-refractivity contribution < 1.29 is 9.72 Å². The number of nitrogens with zero attached hydrogens (tertiary/aromatic N) is 4. The maximum absolute atomic E-state index is 12.2. The van der Waals surface area contributed by atoms with Gasteiger partial charge in [0.25, 0.3) is 5.69 Å². The third-order valence-corrected chi connectivity index (χ3v) is 3.57. The van der Waals surface area contributed by atoms with Crippen LogP contribution in [0.5, 0.6) is 0 Å². The predicted octanol–water partition coefficient (Wildman–Crippen LogP) is 1.75. The summed E-state index contributed by atoms with van der Waals surface area (Å²) in [5, 5.41) is 10.8. The Morgan fingerprint density at radius 1 is 1.43 bits per heavy atom. The third kappa shape index (κ3) is 3.48. The molecule has 1 amide bonds. The first-order valence-electron chi connectivity index (χ1n) is 7.16. The molecule has 1 fully saturated rings. The Bertz CT molecular complexity index is 547. The number of anilines is 1. The van der Waals surface area contributed by atoms with Gasteiger partial charge in [0.2, 0.25) is 5.91 Å². The summed E-state index contributed by atoms with van der Waals surface area (Å²) in [5.41, 5.74) is 0.700. The second kappa shape index (κ2) is 6.51. The van der Waals surface area contributed by atoms with Crippen molar-refractivity contribution in [2.75, 3.05) is 31.1 Å². The summed E-state index contributed by atoms with van der Waals surface area (Å²) in [6.45, 7) is 6.39. The predicted molar refractivity (Wildman–Crippen MR) is 79.3 cm³/mol. The maximum Gasteiger partial charge on any atom is 0.287 e. The first-order valence-corrected chi connectivity index (χ1v) is 7.16. The Kier molecular flexibility index (Phi) is 4.72. The van der Waals surface area contributed by atoms with Gasteiger partial charge in [-0.05, 0) is 25.3 Å². The number of aromatic nitrogens is 1. The summed E-state index contributed by atoms with van der Waals surface area (Å²) < 4.78 is 0. The van der Waals surface area contributed by atoms with Crippen LogP contribution in [0.4, 0.5) is 11.5 Å². The van der Waals surface area contributed by atoms with Gasteiger partial charge in [-0.3, -0.25) is 14.9 Å². The molecule has 7 nitrogen and oxygen atoms in total. The van der Waals surface area contributed by atoms with Crippen molar-refractivity contribution in [1.29, 1.82) is 0 Å². The number of aryl methyl sites for hydroxylation is 1. The molecular formula is C14H20N4O3. The van der Waals surface area contributed by atoms with Crippen LogP contribution in [-0.2, 0) is 4.79 Å². The normalized spacial score (nSPS) is 16.0. The van der Waals surface area contributed by atoms with Gasteiger partial charge in [0.15, 0.2) is 0 Å². The van der Waals surface area contributed by atoms with E-state index >= 15 is 0 Å². The molecule has 1 saturated heterocycles. The molecule has 0 N–H and O–H groups in total. The lowest BCUT2D eigenvalue weighted by Gasteiger charge is -2.23. The van der Waals surface area contributed by atoms with E-state index in [1.165, 1.54) is 12.3 Å². The number of amides is 1. The molecule has 114 valence electrons. The highest BCUT2D eigenvalue weighted by Crippen LogP contribution is 2.22. The smallest absolute Gasteiger partial charge is 0.287 e. The molecule has 0 aliphatic carbocycles. The molecule has 0 saturated carbocycles. The van der Waals surface area contributed by atoms with Gasteiger partial charge >= 0.3 is 0 Å². The van der Waals surface area contributed by atoms with Gasteiger partial charge in [0.05, 0.1) is 11.5 Å². The highest BCUT2D eigenvalue weighted by Gasteiger charge is 2.23. The third-order valence-electron chi connectivity index (χ3n) is 3.57. The largest absolute Gasteiger partial charge is 0.347 e. The SMILES string of the molecule is CCCN1CCCN(c2ncc([N+](=O)[O-])cc2C)CC1=O. The molecule has 2 heterocycles. The topological polar surface area (TPSA) is 79.6 Å². The van der Waals surface area contributed by atoms with E-state index in [1.54, 1.807) is 6.92 Å². The van der Waals surface area contributed by atoms with Crippen LogP contribution in [0.1, 0.15) is 25.3 Å². The van der Waals surface area contributed by atoms with Gasteiger partial charge in [-0.25, -0.2) is 4.98 Å². The van der Waals surface area contributed by atoms with E-state index in [4.69, 9.17) is 0 Å². The molecule has 0 spiro atoms. The van der Waals surface area contributed by atoms with Crippen molar-refractivity contribution in [3.63, 3.8) is 0 Å². The van der Waals surface area contributed by atoms with E-state index in [9.17, 15) is 14.9 Å². The monoisotopic (exact) mass is 292 g/mol. The Labute approximate surface area is 123 Å². The molecule has 0 bridgehead atoms. The van der Waals surface area contributed by atoms with Crippen LogP contribution in [-0.4, -0.2) is 46.9 Å². The molecule has 1 aliphatic rings. The van der Waals surface area contributed by atoms with Crippen molar-refractivity contribution in [3.8, 4) is 0 Å². The van der Waals surface area contributed by atoms with Crippen molar-refractivity contribution in [3.05, 3.63) is 27.9 Å². The number of rotatable bonds is 4. The fourth-order valence-electron chi connectivity index (χ4n) is 2.59. The maximum atomic E-state index is 12.2. The number of hydrogen-bond acceptors (Lipinski definition) is 5. The molecule has 0 atom stereocenters. The van der Waals surface area contributed by atoms with E-state index < -0.39 is 4.92 Å². The minimum absolute atomic E-state index is 0.0231. The molecule has 0 radical (unpaired) electrons. The van der Waals surface area contributed by atoms with Crippen molar-refractivity contribution >= 4 is 17.4 Å². The molecule has 0 aromatic carbocycles. The van der Waals surface area contributed by atoms with Crippen molar-refractivity contribution in [2.45, 2.75) is 26.7 Å². The van der Waals surface area contributed by atoms with Crippen molar-refractivity contribution in [2.24, 2.45) is 0 Å². The average molecular weight is 292 g/mol. The fourth-order valence-corrected chi connectivity index (χ4v) is 2.59. The van der Waals surface area contributed by atoms with Crippen LogP contribution in [0.3, 0.4) is 0 Å². The average Bonchev–Trinajstić information content (AvgIpc) is 2.61. The lowest BCUT2D eigenvalue weighted by molar-refractivity contribution is -0.385.